The number of hydrogen-bond donors (Lipinski definition) is 1. The monoisotopic (exact) mass is 244 g/mol. The van der Waals surface area contributed by atoms with Gasteiger partial charge in [-0.15, -0.1) is 11.3 Å². The van der Waals surface area contributed by atoms with Gasteiger partial charge in [0.25, 0.3) is 0 Å². The largest absolute Gasteiger partial charge is 0.315 e. The molecule has 2 nitrogen and oxygen atoms in total. The quantitative estimate of drug-likeness (QED) is 0.897. The summed E-state index contributed by atoms with van der Waals surface area (Å²) in [6, 6.07) is 8.73. The maximum Gasteiger partial charge on any atom is 0.0794 e. The van der Waals surface area contributed by atoms with Crippen LogP contribution in [0.5, 0.6) is 0 Å². The Hall–Kier alpha value is -1.19. The van der Waals surface area contributed by atoms with E-state index in [1.807, 2.05) is 5.51 Å². The van der Waals surface area contributed by atoms with Crippen molar-refractivity contribution < 1.29 is 0 Å². The lowest BCUT2D eigenvalue weighted by Gasteiger charge is -2.44. The molecule has 1 aliphatic rings. The van der Waals surface area contributed by atoms with Crippen molar-refractivity contribution in [3.8, 4) is 0 Å². The van der Waals surface area contributed by atoms with Gasteiger partial charge in [-0.3, -0.25) is 0 Å². The van der Waals surface area contributed by atoms with Crippen molar-refractivity contribution in [2.75, 3.05) is 13.1 Å². The van der Waals surface area contributed by atoms with Gasteiger partial charge < -0.3 is 5.32 Å². The van der Waals surface area contributed by atoms with Crippen LogP contribution in [0.15, 0.2) is 35.2 Å². The molecule has 0 radical (unpaired) electrons. The Kier molecular flexibility index (Phi) is 2.73. The Morgan fingerprint density at radius 1 is 1.35 bits per heavy atom. The van der Waals surface area contributed by atoms with E-state index in [0.29, 0.717) is 0 Å². The van der Waals surface area contributed by atoms with Crippen LogP contribution >= 0.6 is 11.3 Å². The normalized spacial score (nSPS) is 17.7. The molecule has 0 amide bonds. The molecule has 17 heavy (non-hydrogen) atoms. The average molecular weight is 244 g/mol. The van der Waals surface area contributed by atoms with Crippen LogP contribution in [-0.2, 0) is 11.8 Å². The van der Waals surface area contributed by atoms with Gasteiger partial charge >= 0.3 is 0 Å². The minimum absolute atomic E-state index is 0.263. The lowest BCUT2D eigenvalue weighted by atomic mass is 9.70. The van der Waals surface area contributed by atoms with E-state index in [1.165, 1.54) is 16.8 Å². The standard InChI is InChI=1S/C14H16N2S/c1-11-4-2-3-5-13(11)14(8-15-9-14)6-12-7-17-10-16-12/h2-5,7,10,15H,6,8-9H2,1H3. The summed E-state index contributed by atoms with van der Waals surface area (Å²) >= 11 is 1.68. The first kappa shape index (κ1) is 10.9. The van der Waals surface area contributed by atoms with Crippen molar-refractivity contribution in [3.05, 3.63) is 52.0 Å². The summed E-state index contributed by atoms with van der Waals surface area (Å²) in [5.74, 6) is 0. The fourth-order valence-corrected chi connectivity index (χ4v) is 3.24. The Bertz CT molecular complexity index is 501. The van der Waals surface area contributed by atoms with Crippen LogP contribution in [0, 0.1) is 6.92 Å². The topological polar surface area (TPSA) is 24.9 Å². The van der Waals surface area contributed by atoms with Crippen LogP contribution in [0.3, 0.4) is 0 Å². The van der Waals surface area contributed by atoms with Crippen molar-refractivity contribution in [3.63, 3.8) is 0 Å². The molecular formula is C14H16N2S. The van der Waals surface area contributed by atoms with Gasteiger partial charge in [-0.1, -0.05) is 24.3 Å². The Balaban J connectivity index is 1.95. The number of hydrogen-bond acceptors (Lipinski definition) is 3. The zero-order chi connectivity index (χ0) is 11.7. The zero-order valence-corrected chi connectivity index (χ0v) is 10.8. The van der Waals surface area contributed by atoms with Crippen LogP contribution in [0.4, 0.5) is 0 Å². The molecule has 0 spiro atoms. The third kappa shape index (κ3) is 1.90. The van der Waals surface area contributed by atoms with Crippen molar-refractivity contribution in [1.29, 1.82) is 0 Å². The van der Waals surface area contributed by atoms with E-state index in [2.05, 4.69) is 46.9 Å². The molecule has 1 aliphatic heterocycles. The van der Waals surface area contributed by atoms with Crippen LogP contribution in [0.1, 0.15) is 16.8 Å². The highest BCUT2D eigenvalue weighted by Crippen LogP contribution is 2.34. The van der Waals surface area contributed by atoms with Crippen LogP contribution in [0.2, 0.25) is 0 Å². The number of aryl methyl sites for hydroxylation is 1. The minimum Gasteiger partial charge on any atom is -0.315 e. The molecule has 1 saturated heterocycles. The van der Waals surface area contributed by atoms with Crippen molar-refractivity contribution in [2.24, 2.45) is 0 Å². The summed E-state index contributed by atoms with van der Waals surface area (Å²) < 4.78 is 0. The van der Waals surface area contributed by atoms with Crippen molar-refractivity contribution in [1.82, 2.24) is 10.3 Å². The fraction of sp³-hybridized carbons (Fsp3) is 0.357. The predicted molar refractivity (Wildman–Crippen MR) is 71.5 cm³/mol. The molecule has 0 saturated carbocycles. The third-order valence-electron chi connectivity index (χ3n) is 3.65. The molecular weight excluding hydrogens is 228 g/mol. The van der Waals surface area contributed by atoms with Crippen molar-refractivity contribution in [2.45, 2.75) is 18.8 Å². The number of rotatable bonds is 3. The number of nitrogens with zero attached hydrogens (tertiary/aromatic N) is 1. The highest BCUT2D eigenvalue weighted by Gasteiger charge is 2.39. The highest BCUT2D eigenvalue weighted by molar-refractivity contribution is 7.07. The second-order valence-electron chi connectivity index (χ2n) is 4.86. The lowest BCUT2D eigenvalue weighted by Crippen LogP contribution is -2.58. The second-order valence-corrected chi connectivity index (χ2v) is 5.57. The minimum atomic E-state index is 0.263. The van der Waals surface area contributed by atoms with Gasteiger partial charge in [0.2, 0.25) is 0 Å². The summed E-state index contributed by atoms with van der Waals surface area (Å²) in [6.45, 7) is 4.33. The molecule has 1 N–H and O–H groups in total. The van der Waals surface area contributed by atoms with Gasteiger partial charge in [0.1, 0.15) is 0 Å². The van der Waals surface area contributed by atoms with Crippen LogP contribution < -0.4 is 5.32 Å². The Labute approximate surface area is 106 Å². The van der Waals surface area contributed by atoms with E-state index in [9.17, 15) is 0 Å². The van der Waals surface area contributed by atoms with Gasteiger partial charge in [-0.2, -0.15) is 0 Å². The van der Waals surface area contributed by atoms with E-state index in [0.717, 1.165) is 19.5 Å². The molecule has 3 heteroatoms. The summed E-state index contributed by atoms with van der Waals surface area (Å²) in [5.41, 5.74) is 6.28. The van der Waals surface area contributed by atoms with Crippen LogP contribution in [0.25, 0.3) is 0 Å². The molecule has 2 heterocycles. The molecule has 1 aromatic carbocycles. The Morgan fingerprint density at radius 3 is 2.76 bits per heavy atom. The van der Waals surface area contributed by atoms with Gasteiger partial charge in [0, 0.05) is 30.3 Å². The molecule has 88 valence electrons. The second kappa shape index (κ2) is 4.24. The summed E-state index contributed by atoms with van der Waals surface area (Å²) in [7, 11) is 0. The van der Waals surface area contributed by atoms with Crippen LogP contribution in [-0.4, -0.2) is 18.1 Å². The van der Waals surface area contributed by atoms with Gasteiger partial charge in [-0.05, 0) is 18.1 Å². The molecule has 0 bridgehead atoms. The number of thiazole rings is 1. The van der Waals surface area contributed by atoms with E-state index in [-0.39, 0.29) is 5.41 Å². The molecule has 1 fully saturated rings. The molecule has 0 unspecified atom stereocenters. The molecule has 2 aromatic rings. The Morgan fingerprint density at radius 2 is 2.18 bits per heavy atom. The highest BCUT2D eigenvalue weighted by atomic mass is 32.1. The third-order valence-corrected chi connectivity index (χ3v) is 4.28. The van der Waals surface area contributed by atoms with Gasteiger partial charge in [0.05, 0.1) is 11.2 Å². The number of aromatic nitrogens is 1. The summed E-state index contributed by atoms with van der Waals surface area (Å²) in [4.78, 5) is 4.43. The number of nitrogens with one attached hydrogen (secondary N) is 1. The van der Waals surface area contributed by atoms with E-state index < -0.39 is 0 Å². The smallest absolute Gasteiger partial charge is 0.0794 e. The van der Waals surface area contributed by atoms with Gasteiger partial charge in [-0.25, -0.2) is 4.98 Å². The van der Waals surface area contributed by atoms with Gasteiger partial charge in [0.15, 0.2) is 0 Å². The molecule has 1 aromatic heterocycles. The maximum absolute atomic E-state index is 4.43. The van der Waals surface area contributed by atoms with E-state index in [4.69, 9.17) is 0 Å². The SMILES string of the molecule is Cc1ccccc1C1(Cc2cscn2)CNC1. The first-order valence-corrected chi connectivity index (χ1v) is 6.88. The first-order valence-electron chi connectivity index (χ1n) is 5.94. The first-order chi connectivity index (χ1) is 8.30. The number of benzene rings is 1. The molecule has 0 aliphatic carbocycles. The van der Waals surface area contributed by atoms with Crippen molar-refractivity contribution >= 4 is 11.3 Å². The lowest BCUT2D eigenvalue weighted by molar-refractivity contribution is 0.272. The summed E-state index contributed by atoms with van der Waals surface area (Å²) in [5, 5.41) is 5.58. The molecule has 3 rings (SSSR count). The summed E-state index contributed by atoms with van der Waals surface area (Å²) in [6.07, 6.45) is 1.05. The van der Waals surface area contributed by atoms with E-state index >= 15 is 0 Å². The van der Waals surface area contributed by atoms with E-state index in [1.54, 1.807) is 11.3 Å². The predicted octanol–water partition coefficient (Wildman–Crippen LogP) is 2.54. The fourth-order valence-electron chi connectivity index (χ4n) is 2.68. The molecule has 0 atom stereocenters. The maximum atomic E-state index is 4.43. The average Bonchev–Trinajstić information content (AvgIpc) is 2.77. The zero-order valence-electron chi connectivity index (χ0n) is 9.94.